The van der Waals surface area contributed by atoms with Crippen LogP contribution in [0, 0.1) is 5.41 Å². The van der Waals surface area contributed by atoms with Crippen LogP contribution in [-0.4, -0.2) is 17.1 Å². The number of carbonyl (C=O) groups is 1. The molecule has 0 amide bonds. The quantitative estimate of drug-likeness (QED) is 0.900. The van der Waals surface area contributed by atoms with E-state index >= 15 is 0 Å². The second-order valence-corrected chi connectivity index (χ2v) is 6.06. The van der Waals surface area contributed by atoms with E-state index in [2.05, 4.69) is 21.2 Å². The molecule has 0 fully saturated rings. The minimum absolute atomic E-state index is 0.204. The van der Waals surface area contributed by atoms with Gasteiger partial charge in [0, 0.05) is 16.2 Å². The van der Waals surface area contributed by atoms with Gasteiger partial charge in [-0.3, -0.25) is 4.79 Å². The minimum Gasteiger partial charge on any atom is -0.481 e. The number of hydrogen-bond acceptors (Lipinski definition) is 2. The molecule has 1 aromatic rings. The zero-order chi connectivity index (χ0) is 12.6. The van der Waals surface area contributed by atoms with Gasteiger partial charge in [0.15, 0.2) is 0 Å². The van der Waals surface area contributed by atoms with Crippen LogP contribution in [0.25, 0.3) is 0 Å². The van der Waals surface area contributed by atoms with E-state index in [1.54, 1.807) is 13.8 Å². The van der Waals surface area contributed by atoms with Crippen molar-refractivity contribution in [2.45, 2.75) is 32.7 Å². The Labute approximate surface area is 109 Å². The number of nitrogens with one attached hydrogen (secondary N) is 1. The van der Waals surface area contributed by atoms with Crippen LogP contribution in [-0.2, 0) is 11.2 Å². The molecule has 1 aliphatic rings. The monoisotopic (exact) mass is 297 g/mol. The fourth-order valence-corrected chi connectivity index (χ4v) is 2.77. The Morgan fingerprint density at radius 2 is 2.29 bits per heavy atom. The molecule has 0 saturated heterocycles. The highest BCUT2D eigenvalue weighted by Crippen LogP contribution is 2.36. The third kappa shape index (κ3) is 2.46. The van der Waals surface area contributed by atoms with Gasteiger partial charge >= 0.3 is 5.97 Å². The maximum Gasteiger partial charge on any atom is 0.309 e. The number of hydrogen-bond donors (Lipinski definition) is 2. The van der Waals surface area contributed by atoms with Gasteiger partial charge in [0.1, 0.15) is 0 Å². The molecule has 1 heterocycles. The van der Waals surface area contributed by atoms with E-state index in [0.29, 0.717) is 6.42 Å². The number of carboxylic acids is 1. The maximum atomic E-state index is 11.1. The van der Waals surface area contributed by atoms with Gasteiger partial charge in [0.05, 0.1) is 5.41 Å². The Morgan fingerprint density at radius 1 is 1.59 bits per heavy atom. The van der Waals surface area contributed by atoms with Gasteiger partial charge in [-0.15, -0.1) is 0 Å². The molecule has 1 unspecified atom stereocenters. The predicted octanol–water partition coefficient (Wildman–Crippen LogP) is 3.29. The second-order valence-electron chi connectivity index (χ2n) is 5.20. The van der Waals surface area contributed by atoms with Gasteiger partial charge in [-0.25, -0.2) is 0 Å². The first-order valence-corrected chi connectivity index (χ1v) is 6.47. The summed E-state index contributed by atoms with van der Waals surface area (Å²) in [5, 5.41) is 12.5. The van der Waals surface area contributed by atoms with Crippen LogP contribution in [0.4, 0.5) is 5.69 Å². The molecule has 2 rings (SSSR count). The van der Waals surface area contributed by atoms with E-state index < -0.39 is 11.4 Å². The number of aliphatic carboxylic acids is 1. The predicted molar refractivity (Wildman–Crippen MR) is 71.3 cm³/mol. The van der Waals surface area contributed by atoms with Crippen LogP contribution in [0.15, 0.2) is 22.7 Å². The van der Waals surface area contributed by atoms with Gasteiger partial charge in [-0.2, -0.15) is 0 Å². The van der Waals surface area contributed by atoms with Gasteiger partial charge in [0.25, 0.3) is 0 Å². The lowest BCUT2D eigenvalue weighted by molar-refractivity contribution is -0.147. The zero-order valence-corrected chi connectivity index (χ0v) is 11.5. The molecule has 17 heavy (non-hydrogen) atoms. The lowest BCUT2D eigenvalue weighted by Gasteiger charge is -2.23. The molecule has 92 valence electrons. The van der Waals surface area contributed by atoms with Gasteiger partial charge < -0.3 is 10.4 Å². The molecule has 1 atom stereocenters. The highest BCUT2D eigenvalue weighted by Gasteiger charge is 2.33. The normalized spacial score (nSPS) is 18.6. The molecular formula is C13H16BrNO2. The summed E-state index contributed by atoms with van der Waals surface area (Å²) in [5.74, 6) is -0.741. The molecule has 0 bridgehead atoms. The van der Waals surface area contributed by atoms with Crippen LogP contribution < -0.4 is 5.32 Å². The maximum absolute atomic E-state index is 11.1. The molecule has 0 aliphatic carbocycles. The molecule has 0 saturated carbocycles. The van der Waals surface area contributed by atoms with Gasteiger partial charge in [-0.1, -0.05) is 22.0 Å². The Balaban J connectivity index is 2.11. The molecule has 0 spiro atoms. The topological polar surface area (TPSA) is 49.3 Å². The van der Waals surface area contributed by atoms with Crippen LogP contribution in [0.5, 0.6) is 0 Å². The van der Waals surface area contributed by atoms with E-state index in [1.807, 2.05) is 18.2 Å². The SMILES string of the molecule is CC(C)(CC1Cc2c(Br)cccc2N1)C(=O)O. The second kappa shape index (κ2) is 4.33. The molecule has 3 nitrogen and oxygen atoms in total. The number of benzene rings is 1. The standard InChI is InChI=1S/C13H16BrNO2/c1-13(2,12(16)17)7-8-6-9-10(14)4-3-5-11(9)15-8/h3-5,8,15H,6-7H2,1-2H3,(H,16,17). The Kier molecular flexibility index (Phi) is 3.17. The van der Waals surface area contributed by atoms with Crippen molar-refractivity contribution in [3.05, 3.63) is 28.2 Å². The summed E-state index contributed by atoms with van der Waals surface area (Å²) in [6.45, 7) is 3.55. The van der Waals surface area contributed by atoms with E-state index in [0.717, 1.165) is 16.6 Å². The van der Waals surface area contributed by atoms with Crippen molar-refractivity contribution in [2.24, 2.45) is 5.41 Å². The van der Waals surface area contributed by atoms with Crippen molar-refractivity contribution >= 4 is 27.6 Å². The zero-order valence-electron chi connectivity index (χ0n) is 9.96. The molecule has 2 N–H and O–H groups in total. The number of carboxylic acid groups (broad SMARTS) is 1. The summed E-state index contributed by atoms with van der Waals surface area (Å²) < 4.78 is 1.10. The fraction of sp³-hybridized carbons (Fsp3) is 0.462. The van der Waals surface area contributed by atoms with Crippen molar-refractivity contribution in [1.29, 1.82) is 0 Å². The third-order valence-corrected chi connectivity index (χ3v) is 4.01. The van der Waals surface area contributed by atoms with Crippen LogP contribution >= 0.6 is 15.9 Å². The van der Waals surface area contributed by atoms with E-state index in [-0.39, 0.29) is 6.04 Å². The number of halogens is 1. The van der Waals surface area contributed by atoms with Crippen molar-refractivity contribution in [3.63, 3.8) is 0 Å². The highest BCUT2D eigenvalue weighted by atomic mass is 79.9. The van der Waals surface area contributed by atoms with Crippen molar-refractivity contribution in [2.75, 3.05) is 5.32 Å². The molecule has 0 aromatic heterocycles. The lowest BCUT2D eigenvalue weighted by atomic mass is 9.85. The first-order chi connectivity index (χ1) is 7.90. The average Bonchev–Trinajstić information content (AvgIpc) is 2.60. The first-order valence-electron chi connectivity index (χ1n) is 5.67. The van der Waals surface area contributed by atoms with Gasteiger partial charge in [0.2, 0.25) is 0 Å². The van der Waals surface area contributed by atoms with Crippen LogP contribution in [0.3, 0.4) is 0 Å². The minimum atomic E-state index is -0.741. The van der Waals surface area contributed by atoms with Crippen LogP contribution in [0.2, 0.25) is 0 Å². The van der Waals surface area contributed by atoms with Gasteiger partial charge in [-0.05, 0) is 44.4 Å². The highest BCUT2D eigenvalue weighted by molar-refractivity contribution is 9.10. The third-order valence-electron chi connectivity index (χ3n) is 3.26. The average molecular weight is 298 g/mol. The summed E-state index contributed by atoms with van der Waals surface area (Å²) >= 11 is 3.53. The molecule has 4 heteroatoms. The molecule has 0 radical (unpaired) electrons. The van der Waals surface area contributed by atoms with E-state index in [4.69, 9.17) is 5.11 Å². The Hall–Kier alpha value is -1.03. The summed E-state index contributed by atoms with van der Waals surface area (Å²) in [5.41, 5.74) is 1.68. The summed E-state index contributed by atoms with van der Waals surface area (Å²) in [6, 6.07) is 6.24. The van der Waals surface area contributed by atoms with Crippen molar-refractivity contribution < 1.29 is 9.90 Å². The largest absolute Gasteiger partial charge is 0.481 e. The number of fused-ring (bicyclic) bond motifs is 1. The van der Waals surface area contributed by atoms with Crippen LogP contribution in [0.1, 0.15) is 25.8 Å². The first kappa shape index (κ1) is 12.4. The summed E-state index contributed by atoms with van der Waals surface area (Å²) in [4.78, 5) is 11.1. The van der Waals surface area contributed by atoms with E-state index in [1.165, 1.54) is 5.56 Å². The smallest absolute Gasteiger partial charge is 0.309 e. The number of anilines is 1. The Morgan fingerprint density at radius 3 is 2.88 bits per heavy atom. The Bertz CT molecular complexity index is 457. The summed E-state index contributed by atoms with van der Waals surface area (Å²) in [6.07, 6.45) is 1.51. The number of rotatable bonds is 3. The summed E-state index contributed by atoms with van der Waals surface area (Å²) in [7, 11) is 0. The molecule has 1 aliphatic heterocycles. The van der Waals surface area contributed by atoms with Crippen molar-refractivity contribution in [1.82, 2.24) is 0 Å². The van der Waals surface area contributed by atoms with E-state index in [9.17, 15) is 4.79 Å². The molecular weight excluding hydrogens is 282 g/mol. The fourth-order valence-electron chi connectivity index (χ4n) is 2.25. The molecule has 1 aromatic carbocycles. The van der Waals surface area contributed by atoms with Crippen molar-refractivity contribution in [3.8, 4) is 0 Å². The lowest BCUT2D eigenvalue weighted by Crippen LogP contribution is -2.31.